The molecule has 0 atom stereocenters. The van der Waals surface area contributed by atoms with Gasteiger partial charge in [-0.05, 0) is 24.6 Å². The van der Waals surface area contributed by atoms with Crippen LogP contribution in [0.5, 0.6) is 0 Å². The quantitative estimate of drug-likeness (QED) is 0.0940. The monoisotopic (exact) mass is 426 g/mol. The van der Waals surface area contributed by atoms with Crippen molar-refractivity contribution in [2.45, 2.75) is 11.3 Å². The summed E-state index contributed by atoms with van der Waals surface area (Å²) in [5.41, 5.74) is 1.35. The van der Waals surface area contributed by atoms with Gasteiger partial charge in [-0.2, -0.15) is 8.42 Å². The molecule has 0 saturated heterocycles. The zero-order chi connectivity index (χ0) is 21.6. The van der Waals surface area contributed by atoms with Crippen LogP contribution in [0.15, 0.2) is 35.2 Å². The van der Waals surface area contributed by atoms with Crippen molar-refractivity contribution >= 4 is 39.4 Å². The van der Waals surface area contributed by atoms with Crippen LogP contribution in [0.25, 0.3) is 0 Å². The number of amides is 4. The predicted molar refractivity (Wildman–Crippen MR) is 97.8 cm³/mol. The average molecular weight is 426 g/mol. The first-order valence-electron chi connectivity index (χ1n) is 8.17. The number of rotatable bonds is 9. The second kappa shape index (κ2) is 9.38. The number of hydrogen-bond donors (Lipinski definition) is 4. The van der Waals surface area contributed by atoms with E-state index in [2.05, 4.69) is 5.32 Å². The van der Waals surface area contributed by atoms with Crippen molar-refractivity contribution in [1.29, 1.82) is 0 Å². The van der Waals surface area contributed by atoms with Crippen LogP contribution in [0.4, 0.5) is 5.69 Å². The van der Waals surface area contributed by atoms with Gasteiger partial charge in [0.25, 0.3) is 27.8 Å². The van der Waals surface area contributed by atoms with Crippen LogP contribution < -0.4 is 16.6 Å². The Morgan fingerprint density at radius 3 is 2.41 bits per heavy atom. The third-order valence-corrected chi connectivity index (χ3v) is 4.62. The van der Waals surface area contributed by atoms with Crippen molar-refractivity contribution in [3.63, 3.8) is 0 Å². The van der Waals surface area contributed by atoms with Gasteiger partial charge < -0.3 is 10.1 Å². The fourth-order valence-electron chi connectivity index (χ4n) is 2.42. The summed E-state index contributed by atoms with van der Waals surface area (Å²) in [4.78, 5) is 46.5. The first-order chi connectivity index (χ1) is 13.6. The number of hydrogen-bond acceptors (Lipinski definition) is 8. The number of carbonyl (C=O) groups is 4. The van der Waals surface area contributed by atoms with Gasteiger partial charge in [0.05, 0.1) is 5.56 Å². The van der Waals surface area contributed by atoms with E-state index in [0.717, 1.165) is 17.0 Å². The van der Waals surface area contributed by atoms with E-state index in [9.17, 15) is 32.1 Å². The number of benzene rings is 1. The lowest BCUT2D eigenvalue weighted by atomic mass is 10.2. The van der Waals surface area contributed by atoms with Gasteiger partial charge in [-0.15, -0.1) is 0 Å². The van der Waals surface area contributed by atoms with E-state index in [4.69, 9.17) is 10.6 Å². The van der Waals surface area contributed by atoms with E-state index in [-0.39, 0.29) is 25.4 Å². The number of carbonyl (C=O) groups excluding carboxylic acids is 4. The lowest BCUT2D eigenvalue weighted by Gasteiger charge is -2.13. The first kappa shape index (κ1) is 22.2. The molecule has 0 aliphatic carbocycles. The Bertz CT molecular complexity index is 955. The molecule has 0 spiro atoms. The molecule has 5 N–H and O–H groups in total. The summed E-state index contributed by atoms with van der Waals surface area (Å²) in [5.74, 6) is 2.58. The van der Waals surface area contributed by atoms with E-state index >= 15 is 0 Å². The van der Waals surface area contributed by atoms with Crippen LogP contribution in [-0.2, 0) is 29.2 Å². The van der Waals surface area contributed by atoms with Crippen molar-refractivity contribution in [3.05, 3.63) is 35.9 Å². The summed E-state index contributed by atoms with van der Waals surface area (Å²) in [6.45, 7) is -0.141. The number of hydrazine groups is 1. The maximum atomic E-state index is 11.9. The van der Waals surface area contributed by atoms with E-state index in [1.807, 2.05) is 0 Å². The van der Waals surface area contributed by atoms with Crippen molar-refractivity contribution in [1.82, 2.24) is 10.3 Å². The highest BCUT2D eigenvalue weighted by Crippen LogP contribution is 2.20. The molecule has 1 aliphatic rings. The molecule has 4 amide bonds. The molecule has 2 rings (SSSR count). The Kier molecular flexibility index (Phi) is 7.17. The molecule has 0 fully saturated rings. The number of nitrogens with two attached hydrogens (primary N) is 1. The largest absolute Gasteiger partial charge is 0.372 e. The highest BCUT2D eigenvalue weighted by Gasteiger charge is 2.23. The van der Waals surface area contributed by atoms with Crippen molar-refractivity contribution in [3.8, 4) is 0 Å². The average Bonchev–Trinajstić information content (AvgIpc) is 2.98. The normalized spacial score (nSPS) is 13.7. The summed E-state index contributed by atoms with van der Waals surface area (Å²) in [6.07, 6.45) is 2.65. The number of nitrogens with one attached hydrogen (secondary N) is 2. The predicted octanol–water partition coefficient (Wildman–Crippen LogP) is -1.19. The zero-order valence-electron chi connectivity index (χ0n) is 15.0. The molecule has 1 aliphatic heterocycles. The molecule has 0 saturated carbocycles. The molecule has 12 nitrogen and oxygen atoms in total. The minimum atomic E-state index is -4.75. The van der Waals surface area contributed by atoms with Gasteiger partial charge in [-0.1, -0.05) is 0 Å². The SMILES string of the molecule is NNC(=O)c1ccc(NC(=O)COCCCN2C(=O)C=CC2=O)cc1S(=O)(=O)O. The Balaban J connectivity index is 1.86. The third-order valence-electron chi connectivity index (χ3n) is 3.72. The Labute approximate surface area is 165 Å². The Morgan fingerprint density at radius 1 is 1.17 bits per heavy atom. The van der Waals surface area contributed by atoms with Gasteiger partial charge in [0.15, 0.2) is 0 Å². The van der Waals surface area contributed by atoms with Gasteiger partial charge in [-0.3, -0.25) is 34.1 Å². The first-order valence-corrected chi connectivity index (χ1v) is 9.61. The van der Waals surface area contributed by atoms with Gasteiger partial charge in [0, 0.05) is 31.0 Å². The molecule has 0 radical (unpaired) electrons. The fourth-order valence-corrected chi connectivity index (χ4v) is 3.13. The number of nitrogen functional groups attached to an aromatic ring is 1. The van der Waals surface area contributed by atoms with Crippen molar-refractivity contribution in [2.24, 2.45) is 5.84 Å². The summed E-state index contributed by atoms with van der Waals surface area (Å²) in [5, 5.41) is 2.35. The molecule has 0 unspecified atom stereocenters. The summed E-state index contributed by atoms with van der Waals surface area (Å²) in [6, 6.07) is 3.21. The minimum Gasteiger partial charge on any atom is -0.372 e. The Morgan fingerprint density at radius 2 is 1.83 bits per heavy atom. The number of nitrogens with zero attached hydrogens (tertiary/aromatic N) is 1. The molecular formula is C16H18N4O8S. The summed E-state index contributed by atoms with van der Waals surface area (Å²) < 4.78 is 37.3. The van der Waals surface area contributed by atoms with E-state index in [0.29, 0.717) is 6.42 Å². The molecule has 1 heterocycles. The number of imide groups is 1. The molecule has 29 heavy (non-hydrogen) atoms. The second-order valence-electron chi connectivity index (χ2n) is 5.78. The minimum absolute atomic E-state index is 0.000805. The van der Waals surface area contributed by atoms with Crippen LogP contribution in [0.3, 0.4) is 0 Å². The summed E-state index contributed by atoms with van der Waals surface area (Å²) in [7, 11) is -4.75. The standard InChI is InChI=1S/C16H18N4O8S/c17-19-16(24)11-3-2-10(8-12(11)29(25,26)27)18-13(21)9-28-7-1-6-20-14(22)4-5-15(20)23/h2-5,8H,1,6-7,9,17H2,(H,18,21)(H,19,24)(H,25,26,27). The molecule has 13 heteroatoms. The highest BCUT2D eigenvalue weighted by molar-refractivity contribution is 7.86. The molecule has 0 aromatic heterocycles. The zero-order valence-corrected chi connectivity index (χ0v) is 15.8. The van der Waals surface area contributed by atoms with E-state index in [1.165, 1.54) is 18.2 Å². The van der Waals surface area contributed by atoms with Gasteiger partial charge in [0.1, 0.15) is 11.5 Å². The van der Waals surface area contributed by atoms with Gasteiger partial charge in [0.2, 0.25) is 5.91 Å². The second-order valence-corrected chi connectivity index (χ2v) is 7.17. The third kappa shape index (κ3) is 5.92. The topological polar surface area (TPSA) is 185 Å². The lowest BCUT2D eigenvalue weighted by molar-refractivity contribution is -0.137. The number of ether oxygens (including phenoxy) is 1. The van der Waals surface area contributed by atoms with Crippen LogP contribution in [0.1, 0.15) is 16.8 Å². The smallest absolute Gasteiger partial charge is 0.295 e. The van der Waals surface area contributed by atoms with Gasteiger partial charge in [-0.25, -0.2) is 5.84 Å². The summed E-state index contributed by atoms with van der Waals surface area (Å²) >= 11 is 0. The fraction of sp³-hybridized carbons (Fsp3) is 0.250. The van der Waals surface area contributed by atoms with Crippen LogP contribution in [0, 0.1) is 0 Å². The Hall–Kier alpha value is -3.13. The van der Waals surface area contributed by atoms with Crippen LogP contribution >= 0.6 is 0 Å². The molecule has 1 aromatic rings. The lowest BCUT2D eigenvalue weighted by Crippen LogP contribution is -2.31. The van der Waals surface area contributed by atoms with Crippen molar-refractivity contribution < 1.29 is 36.9 Å². The molecular weight excluding hydrogens is 408 g/mol. The van der Waals surface area contributed by atoms with E-state index < -0.39 is 44.2 Å². The molecule has 156 valence electrons. The van der Waals surface area contributed by atoms with Gasteiger partial charge >= 0.3 is 0 Å². The van der Waals surface area contributed by atoms with Crippen LogP contribution in [0.2, 0.25) is 0 Å². The maximum absolute atomic E-state index is 11.9. The van der Waals surface area contributed by atoms with Crippen LogP contribution in [-0.4, -0.2) is 61.3 Å². The van der Waals surface area contributed by atoms with Crippen molar-refractivity contribution in [2.75, 3.05) is 25.1 Å². The molecule has 1 aromatic carbocycles. The number of anilines is 1. The highest BCUT2D eigenvalue weighted by atomic mass is 32.2. The molecule has 0 bridgehead atoms. The maximum Gasteiger partial charge on any atom is 0.295 e. The van der Waals surface area contributed by atoms with E-state index in [1.54, 1.807) is 5.43 Å².